The molecule has 84 valence electrons. The number of halogens is 1. The summed E-state index contributed by atoms with van der Waals surface area (Å²) >= 11 is 9.29. The Morgan fingerprint density at radius 2 is 2.25 bits per heavy atom. The molecule has 0 amide bonds. The highest BCUT2D eigenvalue weighted by atomic mass is 35.5. The summed E-state index contributed by atoms with van der Waals surface area (Å²) < 4.78 is 0. The molecule has 0 spiro atoms. The zero-order valence-corrected chi connectivity index (χ0v) is 11.0. The second kappa shape index (κ2) is 4.15. The Hall–Kier alpha value is -0.350. The highest BCUT2D eigenvalue weighted by molar-refractivity contribution is 7.13. The van der Waals surface area contributed by atoms with Crippen LogP contribution in [0.2, 0.25) is 5.02 Å². The molecule has 1 N–H and O–H groups in total. The van der Waals surface area contributed by atoms with Crippen molar-refractivity contribution in [1.29, 1.82) is 0 Å². The summed E-state index contributed by atoms with van der Waals surface area (Å²) in [5.41, 5.74) is 1.42. The lowest BCUT2D eigenvalue weighted by Crippen LogP contribution is -1.94. The molecule has 0 saturated carbocycles. The molecule has 1 aliphatic carbocycles. The normalized spacial score (nSPS) is 16.4. The number of rotatable bonds is 2. The summed E-state index contributed by atoms with van der Waals surface area (Å²) in [7, 11) is 0. The van der Waals surface area contributed by atoms with Crippen LogP contribution in [0, 0.1) is 0 Å². The maximum absolute atomic E-state index is 10.3. The third-order valence-corrected chi connectivity index (χ3v) is 5.63. The van der Waals surface area contributed by atoms with E-state index in [1.54, 1.807) is 11.3 Å². The Morgan fingerprint density at radius 3 is 2.94 bits per heavy atom. The molecule has 4 heteroatoms. The van der Waals surface area contributed by atoms with E-state index in [-0.39, 0.29) is 0 Å². The van der Waals surface area contributed by atoms with Gasteiger partial charge < -0.3 is 5.11 Å². The largest absolute Gasteiger partial charge is 0.382 e. The Morgan fingerprint density at radius 1 is 1.38 bits per heavy atom. The van der Waals surface area contributed by atoms with Gasteiger partial charge in [-0.2, -0.15) is 0 Å². The zero-order valence-electron chi connectivity index (χ0n) is 8.57. The topological polar surface area (TPSA) is 20.2 Å². The fourth-order valence-electron chi connectivity index (χ4n) is 2.12. The Balaban J connectivity index is 1.95. The Kier molecular flexibility index (Phi) is 2.80. The van der Waals surface area contributed by atoms with Crippen LogP contribution < -0.4 is 0 Å². The molecule has 2 heterocycles. The van der Waals surface area contributed by atoms with Crippen molar-refractivity contribution in [1.82, 2.24) is 0 Å². The first-order valence-electron chi connectivity index (χ1n) is 5.28. The first-order valence-corrected chi connectivity index (χ1v) is 7.35. The van der Waals surface area contributed by atoms with Gasteiger partial charge in [-0.05, 0) is 42.3 Å². The summed E-state index contributed by atoms with van der Waals surface area (Å²) in [6, 6.07) is 3.99. The van der Waals surface area contributed by atoms with E-state index in [0.717, 1.165) is 16.2 Å². The second-order valence-corrected chi connectivity index (χ2v) is 6.51. The van der Waals surface area contributed by atoms with Gasteiger partial charge in [-0.1, -0.05) is 11.6 Å². The van der Waals surface area contributed by atoms with Gasteiger partial charge in [0.1, 0.15) is 6.10 Å². The number of fused-ring (bicyclic) bond motifs is 1. The predicted octanol–water partition coefficient (Wildman–Crippen LogP) is 4.03. The lowest BCUT2D eigenvalue weighted by Gasteiger charge is -2.06. The molecule has 0 saturated heterocycles. The zero-order chi connectivity index (χ0) is 11.1. The number of hydrogen-bond acceptors (Lipinski definition) is 3. The number of hydrogen-bond donors (Lipinski definition) is 1. The van der Waals surface area contributed by atoms with Crippen molar-refractivity contribution in [2.24, 2.45) is 0 Å². The number of thiophene rings is 2. The summed E-state index contributed by atoms with van der Waals surface area (Å²) in [6.07, 6.45) is 3.06. The first-order chi connectivity index (χ1) is 7.75. The van der Waals surface area contributed by atoms with Crippen LogP contribution >= 0.6 is 34.3 Å². The average molecular weight is 271 g/mol. The van der Waals surface area contributed by atoms with E-state index in [1.165, 1.54) is 34.6 Å². The smallest absolute Gasteiger partial charge is 0.124 e. The van der Waals surface area contributed by atoms with Crippen molar-refractivity contribution in [3.63, 3.8) is 0 Å². The Labute approximate surface area is 107 Å². The predicted molar refractivity (Wildman–Crippen MR) is 69.7 cm³/mol. The summed E-state index contributed by atoms with van der Waals surface area (Å²) in [5.74, 6) is 0. The third kappa shape index (κ3) is 1.72. The van der Waals surface area contributed by atoms with Crippen LogP contribution in [0.1, 0.15) is 32.7 Å². The number of aliphatic hydroxyl groups is 1. The van der Waals surface area contributed by atoms with Gasteiger partial charge in [0.2, 0.25) is 0 Å². The fraction of sp³-hybridized carbons (Fsp3) is 0.333. The van der Waals surface area contributed by atoms with Gasteiger partial charge in [0.15, 0.2) is 0 Å². The highest BCUT2D eigenvalue weighted by Crippen LogP contribution is 2.39. The lowest BCUT2D eigenvalue weighted by atomic mass is 10.2. The van der Waals surface area contributed by atoms with E-state index in [4.69, 9.17) is 11.6 Å². The van der Waals surface area contributed by atoms with Crippen molar-refractivity contribution >= 4 is 34.3 Å². The van der Waals surface area contributed by atoms with E-state index < -0.39 is 6.10 Å². The van der Waals surface area contributed by atoms with Crippen molar-refractivity contribution < 1.29 is 5.11 Å². The molecule has 1 aliphatic rings. The minimum atomic E-state index is -0.539. The van der Waals surface area contributed by atoms with E-state index in [9.17, 15) is 5.11 Å². The van der Waals surface area contributed by atoms with Crippen molar-refractivity contribution in [3.8, 4) is 0 Å². The van der Waals surface area contributed by atoms with Gasteiger partial charge >= 0.3 is 0 Å². The summed E-state index contributed by atoms with van der Waals surface area (Å²) in [4.78, 5) is 3.34. The quantitative estimate of drug-likeness (QED) is 0.873. The average Bonchev–Trinajstić information content (AvgIpc) is 2.89. The molecule has 1 atom stereocenters. The third-order valence-electron chi connectivity index (χ3n) is 2.93. The molecule has 0 radical (unpaired) electrons. The maximum Gasteiger partial charge on any atom is 0.124 e. The molecule has 0 aromatic carbocycles. The van der Waals surface area contributed by atoms with Crippen molar-refractivity contribution in [2.75, 3.05) is 0 Å². The standard InChI is InChI=1S/C12H11ClOS2/c13-8-4-5-15-12(8)11(14)10-6-7-2-1-3-9(7)16-10/h4-6,11,14H,1-3H2. The summed E-state index contributed by atoms with van der Waals surface area (Å²) in [6.45, 7) is 0. The van der Waals surface area contributed by atoms with Gasteiger partial charge in [0.25, 0.3) is 0 Å². The second-order valence-electron chi connectivity index (χ2n) is 3.99. The van der Waals surface area contributed by atoms with Crippen molar-refractivity contribution in [2.45, 2.75) is 25.4 Å². The van der Waals surface area contributed by atoms with Gasteiger partial charge in [0, 0.05) is 9.75 Å². The van der Waals surface area contributed by atoms with Crippen LogP contribution in [0.5, 0.6) is 0 Å². The van der Waals surface area contributed by atoms with E-state index in [2.05, 4.69) is 6.07 Å². The maximum atomic E-state index is 10.3. The molecule has 16 heavy (non-hydrogen) atoms. The summed E-state index contributed by atoms with van der Waals surface area (Å²) in [5, 5.41) is 12.8. The van der Waals surface area contributed by atoms with Crippen LogP contribution in [0.25, 0.3) is 0 Å². The van der Waals surface area contributed by atoms with E-state index in [1.807, 2.05) is 11.4 Å². The van der Waals surface area contributed by atoms with E-state index >= 15 is 0 Å². The van der Waals surface area contributed by atoms with Gasteiger partial charge in [-0.25, -0.2) is 0 Å². The molecule has 0 fully saturated rings. The molecule has 0 aliphatic heterocycles. The molecular formula is C12H11ClOS2. The molecule has 1 nitrogen and oxygen atoms in total. The number of aliphatic hydroxyl groups excluding tert-OH is 1. The molecule has 3 rings (SSSR count). The SMILES string of the molecule is OC(c1cc2c(s1)CCC2)c1sccc1Cl. The molecule has 1 unspecified atom stereocenters. The molecule has 2 aromatic rings. The fourth-order valence-corrected chi connectivity index (χ4v) is 4.61. The van der Waals surface area contributed by atoms with Gasteiger partial charge in [-0.3, -0.25) is 0 Å². The van der Waals surface area contributed by atoms with Crippen molar-refractivity contribution in [3.05, 3.63) is 42.7 Å². The number of aryl methyl sites for hydroxylation is 2. The molecule has 2 aromatic heterocycles. The Bertz CT molecular complexity index is 493. The lowest BCUT2D eigenvalue weighted by molar-refractivity contribution is 0.228. The molecule has 0 bridgehead atoms. The molecular weight excluding hydrogens is 260 g/mol. The van der Waals surface area contributed by atoms with Crippen LogP contribution in [0.15, 0.2) is 17.5 Å². The minimum absolute atomic E-state index is 0.539. The first kappa shape index (κ1) is 10.8. The van der Waals surface area contributed by atoms with E-state index in [0.29, 0.717) is 5.02 Å². The monoisotopic (exact) mass is 270 g/mol. The van der Waals surface area contributed by atoms with Crippen LogP contribution in [-0.2, 0) is 12.8 Å². The van der Waals surface area contributed by atoms with Gasteiger partial charge in [0.05, 0.1) is 9.90 Å². The minimum Gasteiger partial charge on any atom is -0.382 e. The van der Waals surface area contributed by atoms with Crippen LogP contribution in [0.4, 0.5) is 0 Å². The van der Waals surface area contributed by atoms with Crippen LogP contribution in [-0.4, -0.2) is 5.11 Å². The van der Waals surface area contributed by atoms with Crippen LogP contribution in [0.3, 0.4) is 0 Å². The van der Waals surface area contributed by atoms with Gasteiger partial charge in [-0.15, -0.1) is 22.7 Å². The highest BCUT2D eigenvalue weighted by Gasteiger charge is 2.21.